The van der Waals surface area contributed by atoms with Crippen LogP contribution in [-0.2, 0) is 4.79 Å². The van der Waals surface area contributed by atoms with Gasteiger partial charge >= 0.3 is 0 Å². The van der Waals surface area contributed by atoms with Gasteiger partial charge in [-0.3, -0.25) is 4.79 Å². The second-order valence-corrected chi connectivity index (χ2v) is 5.99. The van der Waals surface area contributed by atoms with E-state index in [9.17, 15) is 9.90 Å². The Hall–Kier alpha value is -1.65. The first-order valence-electron chi connectivity index (χ1n) is 6.08. The molecule has 2 N–H and O–H groups in total. The molecular weight excluding hydrogens is 294 g/mol. The van der Waals surface area contributed by atoms with Crippen molar-refractivity contribution in [1.29, 1.82) is 0 Å². The van der Waals surface area contributed by atoms with Gasteiger partial charge in [0.2, 0.25) is 5.91 Å². The smallest absolute Gasteiger partial charge is 0.237 e. The molecule has 0 aliphatic rings. The molecule has 0 saturated heterocycles. The fourth-order valence-corrected chi connectivity index (χ4v) is 2.75. The fraction of sp³-hybridized carbons (Fsp3) is 0.133. The minimum absolute atomic E-state index is 0.0517. The molecule has 0 aliphatic heterocycles. The second-order valence-electron chi connectivity index (χ2n) is 4.20. The van der Waals surface area contributed by atoms with Gasteiger partial charge in [0.1, 0.15) is 5.75 Å². The lowest BCUT2D eigenvalue weighted by Gasteiger charge is -2.13. The highest BCUT2D eigenvalue weighted by atomic mass is 35.5. The van der Waals surface area contributed by atoms with Crippen LogP contribution in [0.5, 0.6) is 5.75 Å². The van der Waals surface area contributed by atoms with Crippen molar-refractivity contribution >= 4 is 35.0 Å². The minimum atomic E-state index is -0.325. The number of halogens is 1. The van der Waals surface area contributed by atoms with E-state index in [1.54, 1.807) is 31.2 Å². The molecule has 1 atom stereocenters. The van der Waals surface area contributed by atoms with Crippen LogP contribution < -0.4 is 5.32 Å². The number of hydrogen-bond acceptors (Lipinski definition) is 3. The van der Waals surface area contributed by atoms with Gasteiger partial charge in [0.05, 0.1) is 16.0 Å². The predicted molar refractivity (Wildman–Crippen MR) is 83.5 cm³/mol. The first-order valence-corrected chi connectivity index (χ1v) is 7.33. The van der Waals surface area contributed by atoms with Crippen molar-refractivity contribution in [3.63, 3.8) is 0 Å². The maximum Gasteiger partial charge on any atom is 0.237 e. The molecule has 2 rings (SSSR count). The molecule has 0 bridgehead atoms. The number of nitrogens with one attached hydrogen (secondary N) is 1. The molecule has 2 aromatic carbocycles. The molecule has 0 radical (unpaired) electrons. The first-order chi connectivity index (χ1) is 9.58. The van der Waals surface area contributed by atoms with E-state index in [1.807, 2.05) is 18.2 Å². The molecule has 2 aromatic rings. The van der Waals surface area contributed by atoms with Crippen molar-refractivity contribution in [2.45, 2.75) is 17.1 Å². The molecule has 0 fully saturated rings. The van der Waals surface area contributed by atoms with E-state index in [0.717, 1.165) is 4.90 Å². The number of aromatic hydroxyl groups is 1. The molecule has 3 nitrogen and oxygen atoms in total. The van der Waals surface area contributed by atoms with Crippen LogP contribution in [0.3, 0.4) is 0 Å². The molecule has 104 valence electrons. The Balaban J connectivity index is 2.03. The third-order valence-electron chi connectivity index (χ3n) is 2.67. The number of para-hydroxylation sites is 2. The first kappa shape index (κ1) is 14.8. The lowest BCUT2D eigenvalue weighted by molar-refractivity contribution is -0.115. The summed E-state index contributed by atoms with van der Waals surface area (Å²) in [5, 5.41) is 12.6. The van der Waals surface area contributed by atoms with Gasteiger partial charge in [-0.15, -0.1) is 11.8 Å². The molecule has 0 heterocycles. The molecule has 0 aromatic heterocycles. The molecular formula is C15H14ClNO2S. The molecule has 0 saturated carbocycles. The summed E-state index contributed by atoms with van der Waals surface area (Å²) in [5.41, 5.74) is 0.407. The zero-order chi connectivity index (χ0) is 14.5. The molecule has 20 heavy (non-hydrogen) atoms. The number of rotatable bonds is 4. The van der Waals surface area contributed by atoms with E-state index in [0.29, 0.717) is 10.7 Å². The standard InChI is InChI=1S/C15H14ClNO2S/c1-10(20-14-9-5-2-6-11(14)16)15(19)17-12-7-3-4-8-13(12)18/h2-10,18H,1H3,(H,17,19). The highest BCUT2D eigenvalue weighted by molar-refractivity contribution is 8.00. The Morgan fingerprint density at radius 3 is 2.55 bits per heavy atom. The number of anilines is 1. The van der Waals surface area contributed by atoms with Crippen LogP contribution in [0.4, 0.5) is 5.69 Å². The van der Waals surface area contributed by atoms with Crippen molar-refractivity contribution < 1.29 is 9.90 Å². The number of phenols is 1. The Morgan fingerprint density at radius 1 is 1.20 bits per heavy atom. The van der Waals surface area contributed by atoms with Crippen molar-refractivity contribution in [1.82, 2.24) is 0 Å². The zero-order valence-corrected chi connectivity index (χ0v) is 12.4. The fourth-order valence-electron chi connectivity index (χ4n) is 1.60. The van der Waals surface area contributed by atoms with Crippen LogP contribution in [0.25, 0.3) is 0 Å². The highest BCUT2D eigenvalue weighted by Gasteiger charge is 2.16. The molecule has 1 unspecified atom stereocenters. The second kappa shape index (κ2) is 6.68. The van der Waals surface area contributed by atoms with E-state index in [2.05, 4.69) is 5.32 Å². The quantitative estimate of drug-likeness (QED) is 0.658. The van der Waals surface area contributed by atoms with Crippen LogP contribution in [0.1, 0.15) is 6.92 Å². The summed E-state index contributed by atoms with van der Waals surface area (Å²) >= 11 is 7.44. The van der Waals surface area contributed by atoms with Crippen molar-refractivity contribution in [2.24, 2.45) is 0 Å². The van der Waals surface area contributed by atoms with Crippen LogP contribution >= 0.6 is 23.4 Å². The van der Waals surface area contributed by atoms with Gasteiger partial charge in [-0.25, -0.2) is 0 Å². The van der Waals surface area contributed by atoms with E-state index in [1.165, 1.54) is 17.8 Å². The number of phenolic OH excluding ortho intramolecular Hbond substituents is 1. The highest BCUT2D eigenvalue weighted by Crippen LogP contribution is 2.31. The number of carbonyl (C=O) groups is 1. The monoisotopic (exact) mass is 307 g/mol. The molecule has 0 aliphatic carbocycles. The van der Waals surface area contributed by atoms with Crippen molar-refractivity contribution in [3.8, 4) is 5.75 Å². The molecule has 0 spiro atoms. The number of thioether (sulfide) groups is 1. The summed E-state index contributed by atoms with van der Waals surface area (Å²) < 4.78 is 0. The predicted octanol–water partition coefficient (Wildman–Crippen LogP) is 4.16. The minimum Gasteiger partial charge on any atom is -0.506 e. The maximum absolute atomic E-state index is 12.1. The number of benzene rings is 2. The summed E-state index contributed by atoms with van der Waals surface area (Å²) in [7, 11) is 0. The average molecular weight is 308 g/mol. The number of amides is 1. The largest absolute Gasteiger partial charge is 0.506 e. The van der Waals surface area contributed by atoms with Gasteiger partial charge in [0.15, 0.2) is 0 Å². The Kier molecular flexibility index (Phi) is 4.93. The van der Waals surface area contributed by atoms with E-state index < -0.39 is 0 Å². The normalized spacial score (nSPS) is 11.9. The van der Waals surface area contributed by atoms with E-state index in [-0.39, 0.29) is 16.9 Å². The zero-order valence-electron chi connectivity index (χ0n) is 10.8. The third-order valence-corrected chi connectivity index (χ3v) is 4.29. The van der Waals surface area contributed by atoms with Crippen LogP contribution in [0.15, 0.2) is 53.4 Å². The van der Waals surface area contributed by atoms with Crippen LogP contribution in [0.2, 0.25) is 5.02 Å². The van der Waals surface area contributed by atoms with Gasteiger partial charge in [-0.05, 0) is 31.2 Å². The topological polar surface area (TPSA) is 49.3 Å². The number of carbonyl (C=O) groups excluding carboxylic acids is 1. The average Bonchev–Trinajstić information content (AvgIpc) is 2.43. The number of hydrogen-bond donors (Lipinski definition) is 2. The lowest BCUT2D eigenvalue weighted by Crippen LogP contribution is -2.22. The Bertz CT molecular complexity index is 618. The van der Waals surface area contributed by atoms with Crippen LogP contribution in [0, 0.1) is 0 Å². The summed E-state index contributed by atoms with van der Waals surface area (Å²) in [4.78, 5) is 12.9. The van der Waals surface area contributed by atoms with Gasteiger partial charge in [0.25, 0.3) is 0 Å². The third kappa shape index (κ3) is 3.68. The Morgan fingerprint density at radius 2 is 1.85 bits per heavy atom. The van der Waals surface area contributed by atoms with E-state index in [4.69, 9.17) is 11.6 Å². The summed E-state index contributed by atoms with van der Waals surface area (Å²) in [6, 6.07) is 14.0. The van der Waals surface area contributed by atoms with Gasteiger partial charge in [-0.2, -0.15) is 0 Å². The SMILES string of the molecule is CC(Sc1ccccc1Cl)C(=O)Nc1ccccc1O. The molecule has 1 amide bonds. The summed E-state index contributed by atoms with van der Waals surface area (Å²) in [6.45, 7) is 1.79. The van der Waals surface area contributed by atoms with Crippen molar-refractivity contribution in [3.05, 3.63) is 53.6 Å². The molecule has 5 heteroatoms. The summed E-state index contributed by atoms with van der Waals surface area (Å²) in [5.74, 6) is -0.132. The van der Waals surface area contributed by atoms with Gasteiger partial charge in [-0.1, -0.05) is 35.9 Å². The summed E-state index contributed by atoms with van der Waals surface area (Å²) in [6.07, 6.45) is 0. The van der Waals surface area contributed by atoms with Gasteiger partial charge in [0, 0.05) is 4.90 Å². The van der Waals surface area contributed by atoms with Crippen molar-refractivity contribution in [2.75, 3.05) is 5.32 Å². The van der Waals surface area contributed by atoms with Crippen LogP contribution in [-0.4, -0.2) is 16.3 Å². The Labute approximate surface area is 127 Å². The lowest BCUT2D eigenvalue weighted by atomic mass is 10.3. The van der Waals surface area contributed by atoms with E-state index >= 15 is 0 Å². The van der Waals surface area contributed by atoms with Gasteiger partial charge < -0.3 is 10.4 Å². The maximum atomic E-state index is 12.1.